The largest absolute Gasteiger partial charge is 0.387 e. The molecule has 0 saturated heterocycles. The molecule has 1 aliphatic rings. The molecule has 4 heteroatoms. The number of aliphatic hydroxyl groups excluding tert-OH is 1. The van der Waals surface area contributed by atoms with Gasteiger partial charge in [0, 0.05) is 18.2 Å². The van der Waals surface area contributed by atoms with E-state index in [1.165, 1.54) is 12.8 Å². The summed E-state index contributed by atoms with van der Waals surface area (Å²) in [5.41, 5.74) is 0.0149. The normalized spacial score (nSPS) is 18.7. The van der Waals surface area contributed by atoms with Gasteiger partial charge in [-0.1, -0.05) is 12.8 Å². The summed E-state index contributed by atoms with van der Waals surface area (Å²) < 4.78 is 26.4. The molecule has 1 saturated carbocycles. The van der Waals surface area contributed by atoms with Crippen molar-refractivity contribution in [3.8, 4) is 0 Å². The van der Waals surface area contributed by atoms with Gasteiger partial charge in [0.05, 0.1) is 6.10 Å². The molecule has 1 fully saturated rings. The van der Waals surface area contributed by atoms with E-state index in [-0.39, 0.29) is 12.1 Å². The van der Waals surface area contributed by atoms with E-state index in [1.54, 1.807) is 0 Å². The van der Waals surface area contributed by atoms with Gasteiger partial charge < -0.3 is 10.4 Å². The summed E-state index contributed by atoms with van der Waals surface area (Å²) in [5, 5.41) is 13.0. The fraction of sp³-hybridized carbons (Fsp3) is 0.571. The summed E-state index contributed by atoms with van der Waals surface area (Å²) in [6.07, 6.45) is 2.64. The smallest absolute Gasteiger partial charge is 0.129 e. The SMILES string of the molecule is CC(CC1CC1)NCC(O)c1cc(F)ccc1F. The van der Waals surface area contributed by atoms with Crippen molar-refractivity contribution in [2.75, 3.05) is 6.54 Å². The Morgan fingerprint density at radius 3 is 2.78 bits per heavy atom. The lowest BCUT2D eigenvalue weighted by Gasteiger charge is -2.17. The zero-order valence-electron chi connectivity index (χ0n) is 10.5. The van der Waals surface area contributed by atoms with E-state index in [0.717, 1.165) is 30.5 Å². The van der Waals surface area contributed by atoms with Crippen LogP contribution in [0.15, 0.2) is 18.2 Å². The predicted octanol–water partition coefficient (Wildman–Crippen LogP) is 2.78. The maximum Gasteiger partial charge on any atom is 0.129 e. The molecule has 0 aromatic heterocycles. The molecule has 0 aliphatic heterocycles. The summed E-state index contributed by atoms with van der Waals surface area (Å²) in [6, 6.07) is 3.44. The van der Waals surface area contributed by atoms with Crippen molar-refractivity contribution in [3.63, 3.8) is 0 Å². The van der Waals surface area contributed by atoms with Crippen molar-refractivity contribution in [3.05, 3.63) is 35.4 Å². The van der Waals surface area contributed by atoms with Gasteiger partial charge in [-0.25, -0.2) is 8.78 Å². The van der Waals surface area contributed by atoms with Gasteiger partial charge in [0.2, 0.25) is 0 Å². The number of halogens is 2. The second-order valence-corrected chi connectivity index (χ2v) is 5.17. The number of nitrogens with one attached hydrogen (secondary N) is 1. The van der Waals surface area contributed by atoms with E-state index in [2.05, 4.69) is 5.32 Å². The minimum atomic E-state index is -1.01. The number of benzene rings is 1. The molecule has 0 spiro atoms. The quantitative estimate of drug-likeness (QED) is 0.819. The number of rotatable bonds is 6. The average Bonchev–Trinajstić information content (AvgIpc) is 3.13. The molecule has 2 N–H and O–H groups in total. The molecule has 1 aromatic rings. The van der Waals surface area contributed by atoms with Crippen molar-refractivity contribution in [2.24, 2.45) is 5.92 Å². The Kier molecular flexibility index (Phi) is 4.30. The molecule has 2 unspecified atom stereocenters. The van der Waals surface area contributed by atoms with Crippen LogP contribution in [-0.4, -0.2) is 17.7 Å². The predicted molar refractivity (Wildman–Crippen MR) is 66.1 cm³/mol. The van der Waals surface area contributed by atoms with E-state index < -0.39 is 17.7 Å². The summed E-state index contributed by atoms with van der Waals surface area (Å²) in [5.74, 6) is -0.299. The molecule has 2 rings (SSSR count). The molecule has 18 heavy (non-hydrogen) atoms. The molecule has 1 aliphatic carbocycles. The zero-order valence-corrected chi connectivity index (χ0v) is 10.5. The Balaban J connectivity index is 1.85. The van der Waals surface area contributed by atoms with Crippen molar-refractivity contribution in [2.45, 2.75) is 38.3 Å². The Labute approximate surface area is 106 Å². The summed E-state index contributed by atoms with van der Waals surface area (Å²) in [6.45, 7) is 2.29. The third-order valence-electron chi connectivity index (χ3n) is 3.36. The topological polar surface area (TPSA) is 32.3 Å². The maximum atomic E-state index is 13.4. The third-order valence-corrected chi connectivity index (χ3v) is 3.36. The summed E-state index contributed by atoms with van der Waals surface area (Å²) in [4.78, 5) is 0. The van der Waals surface area contributed by atoms with Crippen LogP contribution in [0.1, 0.15) is 37.9 Å². The lowest BCUT2D eigenvalue weighted by Crippen LogP contribution is -2.31. The molecule has 1 aromatic carbocycles. The van der Waals surface area contributed by atoms with E-state index >= 15 is 0 Å². The van der Waals surface area contributed by atoms with Crippen LogP contribution in [0.3, 0.4) is 0 Å². The fourth-order valence-electron chi connectivity index (χ4n) is 2.13. The van der Waals surface area contributed by atoms with Crippen LogP contribution in [0, 0.1) is 17.6 Å². The van der Waals surface area contributed by atoms with Gasteiger partial charge in [0.25, 0.3) is 0 Å². The first-order valence-corrected chi connectivity index (χ1v) is 6.42. The van der Waals surface area contributed by atoms with Crippen LogP contribution < -0.4 is 5.32 Å². The third kappa shape index (κ3) is 3.75. The molecule has 100 valence electrons. The molecule has 0 bridgehead atoms. The van der Waals surface area contributed by atoms with E-state index in [1.807, 2.05) is 6.92 Å². The Bertz CT molecular complexity index is 407. The molecule has 0 amide bonds. The number of hydrogen-bond donors (Lipinski definition) is 2. The van der Waals surface area contributed by atoms with Crippen LogP contribution in [0.2, 0.25) is 0 Å². The minimum absolute atomic E-state index is 0.0149. The van der Waals surface area contributed by atoms with Gasteiger partial charge in [-0.05, 0) is 37.5 Å². The summed E-state index contributed by atoms with van der Waals surface area (Å²) >= 11 is 0. The minimum Gasteiger partial charge on any atom is -0.387 e. The number of hydrogen-bond acceptors (Lipinski definition) is 2. The van der Waals surface area contributed by atoms with Gasteiger partial charge in [-0.15, -0.1) is 0 Å². The monoisotopic (exact) mass is 255 g/mol. The van der Waals surface area contributed by atoms with Crippen LogP contribution in [0.25, 0.3) is 0 Å². The average molecular weight is 255 g/mol. The van der Waals surface area contributed by atoms with Gasteiger partial charge >= 0.3 is 0 Å². The highest BCUT2D eigenvalue weighted by molar-refractivity contribution is 5.21. The maximum absolute atomic E-state index is 13.4. The zero-order chi connectivity index (χ0) is 13.1. The molecule has 0 heterocycles. The Morgan fingerprint density at radius 1 is 1.39 bits per heavy atom. The van der Waals surface area contributed by atoms with E-state index in [9.17, 15) is 13.9 Å². The van der Waals surface area contributed by atoms with Crippen LogP contribution >= 0.6 is 0 Å². The molecule has 2 atom stereocenters. The van der Waals surface area contributed by atoms with Crippen molar-refractivity contribution >= 4 is 0 Å². The van der Waals surface area contributed by atoms with Crippen LogP contribution in [0.4, 0.5) is 8.78 Å². The first kappa shape index (κ1) is 13.4. The second-order valence-electron chi connectivity index (χ2n) is 5.17. The van der Waals surface area contributed by atoms with Gasteiger partial charge in [0.1, 0.15) is 11.6 Å². The summed E-state index contributed by atoms with van der Waals surface area (Å²) in [7, 11) is 0. The Hall–Kier alpha value is -1.00. The molecule has 2 nitrogen and oxygen atoms in total. The molecular formula is C14H19F2NO. The highest BCUT2D eigenvalue weighted by atomic mass is 19.1. The van der Waals surface area contributed by atoms with Gasteiger partial charge in [-0.2, -0.15) is 0 Å². The van der Waals surface area contributed by atoms with Crippen molar-refractivity contribution < 1.29 is 13.9 Å². The standard InChI is InChI=1S/C14H19F2NO/c1-9(6-10-2-3-10)17-8-14(18)12-7-11(15)4-5-13(12)16/h4-5,7,9-10,14,17-18H,2-3,6,8H2,1H3. The van der Waals surface area contributed by atoms with E-state index in [4.69, 9.17) is 0 Å². The Morgan fingerprint density at radius 2 is 2.11 bits per heavy atom. The van der Waals surface area contributed by atoms with Gasteiger partial charge in [0.15, 0.2) is 0 Å². The van der Waals surface area contributed by atoms with E-state index in [0.29, 0.717) is 6.04 Å². The highest BCUT2D eigenvalue weighted by Crippen LogP contribution is 2.33. The fourth-order valence-corrected chi connectivity index (χ4v) is 2.13. The first-order valence-electron chi connectivity index (χ1n) is 6.42. The lowest BCUT2D eigenvalue weighted by atomic mass is 10.1. The van der Waals surface area contributed by atoms with Crippen molar-refractivity contribution in [1.82, 2.24) is 5.32 Å². The number of aliphatic hydroxyl groups is 1. The first-order chi connectivity index (χ1) is 8.56. The molecular weight excluding hydrogens is 236 g/mol. The van der Waals surface area contributed by atoms with Crippen LogP contribution in [-0.2, 0) is 0 Å². The highest BCUT2D eigenvalue weighted by Gasteiger charge is 2.24. The van der Waals surface area contributed by atoms with Crippen molar-refractivity contribution in [1.29, 1.82) is 0 Å². The lowest BCUT2D eigenvalue weighted by molar-refractivity contribution is 0.164. The van der Waals surface area contributed by atoms with Crippen LogP contribution in [0.5, 0.6) is 0 Å². The molecule has 0 radical (unpaired) electrons. The van der Waals surface area contributed by atoms with Gasteiger partial charge in [-0.3, -0.25) is 0 Å². The second kappa shape index (κ2) is 5.76.